The van der Waals surface area contributed by atoms with Crippen LogP contribution in [0.4, 0.5) is 24.5 Å². The maximum absolute atomic E-state index is 12.8. The Morgan fingerprint density at radius 3 is 2.40 bits per heavy atom. The van der Waals surface area contributed by atoms with Crippen LogP contribution in [-0.4, -0.2) is 29.6 Å². The maximum atomic E-state index is 12.8. The highest BCUT2D eigenvalue weighted by Gasteiger charge is 2.28. The van der Waals surface area contributed by atoms with Gasteiger partial charge in [-0.2, -0.15) is 13.2 Å². The van der Waals surface area contributed by atoms with E-state index in [1.807, 2.05) is 0 Å². The molecule has 0 unspecified atom stereocenters. The second-order valence-corrected chi connectivity index (χ2v) is 8.17. The van der Waals surface area contributed by atoms with E-state index in [-0.39, 0.29) is 40.6 Å². The van der Waals surface area contributed by atoms with Crippen molar-refractivity contribution in [2.75, 3.05) is 17.6 Å². The van der Waals surface area contributed by atoms with Gasteiger partial charge in [0, 0.05) is 28.9 Å². The van der Waals surface area contributed by atoms with Crippen molar-refractivity contribution >= 4 is 34.7 Å². The van der Waals surface area contributed by atoms with Crippen LogP contribution in [-0.2, 0) is 17.8 Å². The first-order chi connectivity index (χ1) is 16.4. The van der Waals surface area contributed by atoms with Crippen LogP contribution < -0.4 is 22.1 Å². The van der Waals surface area contributed by atoms with Crippen LogP contribution in [0.25, 0.3) is 11.1 Å². The van der Waals surface area contributed by atoms with Gasteiger partial charge in [-0.1, -0.05) is 48.0 Å². The monoisotopic (exact) mass is 505 g/mol. The zero-order valence-corrected chi connectivity index (χ0v) is 19.1. The molecular formula is C24H23ClF3N5O2. The zero-order valence-electron chi connectivity index (χ0n) is 18.3. The number of phenolic OH excluding ortho intramolecular Hbond substituents is 1. The number of nitrogens with one attached hydrogen (secondary N) is 3. The van der Waals surface area contributed by atoms with Gasteiger partial charge in [-0.3, -0.25) is 10.2 Å². The van der Waals surface area contributed by atoms with Gasteiger partial charge in [0.05, 0.1) is 17.1 Å². The lowest BCUT2D eigenvalue weighted by Crippen LogP contribution is -2.25. The van der Waals surface area contributed by atoms with Crippen molar-refractivity contribution in [3.63, 3.8) is 0 Å². The number of nitrogen functional groups attached to an aromatic ring is 2. The Morgan fingerprint density at radius 2 is 1.80 bits per heavy atom. The van der Waals surface area contributed by atoms with Crippen molar-refractivity contribution in [2.24, 2.45) is 5.73 Å². The molecule has 0 aliphatic rings. The fourth-order valence-electron chi connectivity index (χ4n) is 3.43. The number of anilines is 2. The summed E-state index contributed by atoms with van der Waals surface area (Å²) in [5.74, 6) is -1.09. The highest BCUT2D eigenvalue weighted by atomic mass is 35.5. The number of alkyl halides is 3. The summed E-state index contributed by atoms with van der Waals surface area (Å²) in [5.41, 5.74) is 13.6. The molecule has 0 bridgehead atoms. The molecule has 3 aromatic carbocycles. The van der Waals surface area contributed by atoms with Crippen molar-refractivity contribution in [2.45, 2.75) is 19.1 Å². The fraction of sp³-hybridized carbons (Fsp3) is 0.167. The topological polar surface area (TPSA) is 137 Å². The predicted octanol–water partition coefficient (Wildman–Crippen LogP) is 4.41. The van der Waals surface area contributed by atoms with Gasteiger partial charge in [-0.05, 0) is 29.3 Å². The third-order valence-electron chi connectivity index (χ3n) is 5.10. The molecule has 0 aliphatic carbocycles. The molecule has 184 valence electrons. The number of rotatable bonds is 8. The normalized spacial score (nSPS) is 11.2. The number of hydrogen-bond donors (Lipinski definition) is 6. The van der Waals surface area contributed by atoms with Gasteiger partial charge in [0.15, 0.2) is 0 Å². The number of halogens is 4. The van der Waals surface area contributed by atoms with Gasteiger partial charge >= 0.3 is 6.18 Å². The minimum atomic E-state index is -4.53. The summed E-state index contributed by atoms with van der Waals surface area (Å²) in [6.45, 7) is -1.25. The van der Waals surface area contributed by atoms with Crippen LogP contribution >= 0.6 is 11.6 Å². The predicted molar refractivity (Wildman–Crippen MR) is 131 cm³/mol. The van der Waals surface area contributed by atoms with Crippen molar-refractivity contribution in [1.82, 2.24) is 5.32 Å². The first kappa shape index (κ1) is 25.7. The molecule has 0 heterocycles. The van der Waals surface area contributed by atoms with E-state index >= 15 is 0 Å². The van der Waals surface area contributed by atoms with E-state index < -0.39 is 24.4 Å². The van der Waals surface area contributed by atoms with Crippen LogP contribution in [0.1, 0.15) is 16.7 Å². The molecule has 0 fully saturated rings. The number of amides is 1. The van der Waals surface area contributed by atoms with Crippen molar-refractivity contribution in [3.8, 4) is 16.9 Å². The second-order valence-electron chi connectivity index (χ2n) is 7.77. The average molecular weight is 506 g/mol. The summed E-state index contributed by atoms with van der Waals surface area (Å²) in [6.07, 6.45) is -4.89. The molecule has 0 saturated heterocycles. The number of benzene rings is 3. The quantitative estimate of drug-likeness (QED) is 0.116. The van der Waals surface area contributed by atoms with Crippen LogP contribution in [0.5, 0.6) is 5.75 Å². The first-order valence-electron chi connectivity index (χ1n) is 10.4. The number of carbonyl (C=O) groups is 1. The van der Waals surface area contributed by atoms with Crippen LogP contribution in [0.3, 0.4) is 0 Å². The van der Waals surface area contributed by atoms with Crippen LogP contribution in [0, 0.1) is 5.41 Å². The van der Waals surface area contributed by atoms with E-state index in [1.54, 1.807) is 48.5 Å². The van der Waals surface area contributed by atoms with E-state index in [9.17, 15) is 23.1 Å². The Balaban J connectivity index is 1.90. The number of amidine groups is 1. The molecular weight excluding hydrogens is 483 g/mol. The Bertz CT molecular complexity index is 1250. The van der Waals surface area contributed by atoms with Gasteiger partial charge in [-0.25, -0.2) is 0 Å². The molecule has 11 heteroatoms. The molecule has 35 heavy (non-hydrogen) atoms. The highest BCUT2D eigenvalue weighted by Crippen LogP contribution is 2.42. The molecule has 1 amide bonds. The Morgan fingerprint density at radius 1 is 1.11 bits per heavy atom. The molecule has 0 radical (unpaired) electrons. The van der Waals surface area contributed by atoms with Crippen molar-refractivity contribution in [1.29, 1.82) is 5.41 Å². The lowest BCUT2D eigenvalue weighted by molar-refractivity contribution is -0.120. The molecule has 0 aromatic heterocycles. The van der Waals surface area contributed by atoms with E-state index in [2.05, 4.69) is 10.6 Å². The Kier molecular flexibility index (Phi) is 7.75. The number of phenols is 1. The van der Waals surface area contributed by atoms with Gasteiger partial charge in [0.2, 0.25) is 5.91 Å². The van der Waals surface area contributed by atoms with Gasteiger partial charge < -0.3 is 27.2 Å². The van der Waals surface area contributed by atoms with E-state index in [0.717, 1.165) is 5.56 Å². The zero-order chi connectivity index (χ0) is 25.8. The van der Waals surface area contributed by atoms with Gasteiger partial charge in [0.25, 0.3) is 0 Å². The van der Waals surface area contributed by atoms with E-state index in [4.69, 9.17) is 28.5 Å². The van der Waals surface area contributed by atoms with Crippen LogP contribution in [0.2, 0.25) is 5.02 Å². The summed E-state index contributed by atoms with van der Waals surface area (Å²) < 4.78 is 38.2. The number of nitrogens with two attached hydrogens (primary N) is 2. The molecule has 8 N–H and O–H groups in total. The van der Waals surface area contributed by atoms with Crippen molar-refractivity contribution < 1.29 is 23.1 Å². The lowest BCUT2D eigenvalue weighted by atomic mass is 9.95. The smallest absolute Gasteiger partial charge is 0.405 e. The highest BCUT2D eigenvalue weighted by molar-refractivity contribution is 6.34. The third kappa shape index (κ3) is 6.80. The van der Waals surface area contributed by atoms with Gasteiger partial charge in [0.1, 0.15) is 18.1 Å². The molecule has 0 saturated carbocycles. The maximum Gasteiger partial charge on any atom is 0.405 e. The summed E-state index contributed by atoms with van der Waals surface area (Å²) in [4.78, 5) is 12.8. The molecule has 0 atom stereocenters. The molecule has 0 spiro atoms. The largest absolute Gasteiger partial charge is 0.505 e. The molecule has 7 nitrogen and oxygen atoms in total. The van der Waals surface area contributed by atoms with Crippen molar-refractivity contribution in [3.05, 3.63) is 76.3 Å². The number of carbonyl (C=O) groups excluding carboxylic acids is 1. The van der Waals surface area contributed by atoms with E-state index in [0.29, 0.717) is 16.8 Å². The number of aromatic hydroxyl groups is 1. The molecule has 3 aromatic rings. The summed E-state index contributed by atoms with van der Waals surface area (Å²) in [7, 11) is 0. The Hall–Kier alpha value is -3.92. The summed E-state index contributed by atoms with van der Waals surface area (Å²) >= 11 is 6.41. The summed E-state index contributed by atoms with van der Waals surface area (Å²) in [6, 6.07) is 14.4. The molecule has 3 rings (SSSR count). The Labute approximate surface area is 204 Å². The summed E-state index contributed by atoms with van der Waals surface area (Å²) in [5, 5.41) is 23.1. The SMILES string of the molecule is N=C(N)c1ccc(CNC(=O)Cc2c(O)c(NCC(F)(F)F)cc(Cl)c2-c2cccc(N)c2)cc1. The van der Waals surface area contributed by atoms with Gasteiger partial charge in [-0.15, -0.1) is 0 Å². The van der Waals surface area contributed by atoms with Crippen LogP contribution in [0.15, 0.2) is 54.6 Å². The standard InChI is InChI=1S/C24H23ClF3N5O2/c25-18-10-19(33-12-24(26,27)28)22(35)17(21(18)15-2-1-3-16(29)8-15)9-20(34)32-11-13-4-6-14(7-5-13)23(30)31/h1-8,10,33,35H,9,11-12,29H2,(H3,30,31)(H,32,34). The lowest BCUT2D eigenvalue weighted by Gasteiger charge is -2.19. The third-order valence-corrected chi connectivity index (χ3v) is 5.40. The molecule has 0 aliphatic heterocycles. The minimum absolute atomic E-state index is 0.0423. The van der Waals surface area contributed by atoms with E-state index in [1.165, 1.54) is 6.07 Å². The average Bonchev–Trinajstić information content (AvgIpc) is 2.78. The minimum Gasteiger partial charge on any atom is -0.505 e. The fourth-order valence-corrected chi connectivity index (χ4v) is 3.76. The number of hydrogen-bond acceptors (Lipinski definition) is 5. The second kappa shape index (κ2) is 10.6. The first-order valence-corrected chi connectivity index (χ1v) is 10.7.